The number of aliphatic hydroxyl groups is 1. The Morgan fingerprint density at radius 3 is 2.75 bits per heavy atom. The number of nitrogens with one attached hydrogen (secondary N) is 1. The molecule has 2 unspecified atom stereocenters. The van der Waals surface area contributed by atoms with Crippen LogP contribution < -0.4 is 5.32 Å². The van der Waals surface area contributed by atoms with Gasteiger partial charge in [0.2, 0.25) is 5.91 Å². The van der Waals surface area contributed by atoms with Crippen LogP contribution in [0, 0.1) is 5.92 Å². The molecule has 1 heterocycles. The number of β-amino-alcohol motifs (C(OH)–C–C–N with tert-alkyl or cyclic N) is 1. The minimum absolute atomic E-state index is 0.0488. The quantitative estimate of drug-likeness (QED) is 0.564. The number of likely N-dealkylation sites (tertiary alicyclic amines) is 1. The molecule has 12 heavy (non-hydrogen) atoms. The maximum Gasteiger partial charge on any atom is 0.219 e. The van der Waals surface area contributed by atoms with Crippen LogP contribution in [-0.2, 0) is 4.79 Å². The van der Waals surface area contributed by atoms with E-state index in [-0.39, 0.29) is 17.9 Å². The Morgan fingerprint density at radius 2 is 2.33 bits per heavy atom. The van der Waals surface area contributed by atoms with E-state index in [0.717, 1.165) is 6.54 Å². The number of hydrogen-bond donors (Lipinski definition) is 2. The largest absolute Gasteiger partial charge is 0.391 e. The average molecular weight is 172 g/mol. The number of aliphatic hydroxyl groups excluding tert-OH is 1. The summed E-state index contributed by atoms with van der Waals surface area (Å²) in [7, 11) is 1.85. The van der Waals surface area contributed by atoms with Gasteiger partial charge in [-0.3, -0.25) is 4.79 Å². The van der Waals surface area contributed by atoms with Crippen LogP contribution in [0.25, 0.3) is 0 Å². The van der Waals surface area contributed by atoms with Gasteiger partial charge in [0.05, 0.1) is 6.10 Å². The topological polar surface area (TPSA) is 52.6 Å². The Bertz CT molecular complexity index is 172. The van der Waals surface area contributed by atoms with Crippen LogP contribution in [-0.4, -0.2) is 48.7 Å². The lowest BCUT2D eigenvalue weighted by Crippen LogP contribution is -2.28. The zero-order chi connectivity index (χ0) is 9.14. The van der Waals surface area contributed by atoms with Gasteiger partial charge in [-0.15, -0.1) is 0 Å². The van der Waals surface area contributed by atoms with E-state index in [1.807, 2.05) is 7.05 Å². The lowest BCUT2D eigenvalue weighted by Gasteiger charge is -2.12. The van der Waals surface area contributed by atoms with Gasteiger partial charge < -0.3 is 15.3 Å². The Hall–Kier alpha value is -0.610. The van der Waals surface area contributed by atoms with Gasteiger partial charge in [0.1, 0.15) is 0 Å². The summed E-state index contributed by atoms with van der Waals surface area (Å²) in [6.07, 6.45) is -0.360. The zero-order valence-corrected chi connectivity index (χ0v) is 7.58. The van der Waals surface area contributed by atoms with Crippen molar-refractivity contribution in [1.29, 1.82) is 0 Å². The zero-order valence-electron chi connectivity index (χ0n) is 7.58. The van der Waals surface area contributed by atoms with Crippen molar-refractivity contribution in [3.63, 3.8) is 0 Å². The van der Waals surface area contributed by atoms with Gasteiger partial charge in [0, 0.05) is 32.5 Å². The first kappa shape index (κ1) is 9.48. The molecular formula is C8H16N2O2. The first-order valence-electron chi connectivity index (χ1n) is 4.23. The smallest absolute Gasteiger partial charge is 0.219 e. The SMILES string of the molecule is CNCC1CN(C(C)=O)CC1O. The highest BCUT2D eigenvalue weighted by Crippen LogP contribution is 2.15. The number of hydrogen-bond acceptors (Lipinski definition) is 3. The standard InChI is InChI=1S/C8H16N2O2/c1-6(11)10-4-7(3-9-2)8(12)5-10/h7-9,12H,3-5H2,1-2H3. The molecule has 1 aliphatic rings. The van der Waals surface area contributed by atoms with Gasteiger partial charge in [0.15, 0.2) is 0 Å². The van der Waals surface area contributed by atoms with Crippen LogP contribution in [0.15, 0.2) is 0 Å². The van der Waals surface area contributed by atoms with Gasteiger partial charge in [-0.25, -0.2) is 0 Å². The van der Waals surface area contributed by atoms with Gasteiger partial charge in [-0.05, 0) is 7.05 Å². The third-order valence-electron chi connectivity index (χ3n) is 2.32. The van der Waals surface area contributed by atoms with Crippen molar-refractivity contribution in [2.45, 2.75) is 13.0 Å². The third kappa shape index (κ3) is 1.95. The molecule has 1 amide bonds. The number of carbonyl (C=O) groups is 1. The van der Waals surface area contributed by atoms with Crippen LogP contribution in [0.3, 0.4) is 0 Å². The fraction of sp³-hybridized carbons (Fsp3) is 0.875. The van der Waals surface area contributed by atoms with E-state index in [1.165, 1.54) is 6.92 Å². The van der Waals surface area contributed by atoms with Crippen LogP contribution in [0.1, 0.15) is 6.92 Å². The second-order valence-electron chi connectivity index (χ2n) is 3.31. The molecule has 2 N–H and O–H groups in total. The Balaban J connectivity index is 2.44. The molecule has 0 bridgehead atoms. The maximum atomic E-state index is 10.9. The molecule has 2 atom stereocenters. The van der Waals surface area contributed by atoms with Crippen LogP contribution >= 0.6 is 0 Å². The summed E-state index contributed by atoms with van der Waals surface area (Å²) in [6, 6.07) is 0. The lowest BCUT2D eigenvalue weighted by atomic mass is 10.1. The van der Waals surface area contributed by atoms with E-state index in [4.69, 9.17) is 0 Å². The fourth-order valence-electron chi connectivity index (χ4n) is 1.57. The van der Waals surface area contributed by atoms with Crippen molar-refractivity contribution in [1.82, 2.24) is 10.2 Å². The third-order valence-corrected chi connectivity index (χ3v) is 2.32. The van der Waals surface area contributed by atoms with Crippen LogP contribution in [0.5, 0.6) is 0 Å². The number of nitrogens with zero attached hydrogens (tertiary/aromatic N) is 1. The maximum absolute atomic E-state index is 10.9. The molecule has 0 radical (unpaired) electrons. The number of rotatable bonds is 2. The van der Waals surface area contributed by atoms with E-state index in [9.17, 15) is 9.90 Å². The van der Waals surface area contributed by atoms with E-state index in [2.05, 4.69) is 5.32 Å². The van der Waals surface area contributed by atoms with E-state index < -0.39 is 0 Å². The van der Waals surface area contributed by atoms with Gasteiger partial charge in [0.25, 0.3) is 0 Å². The predicted octanol–water partition coefficient (Wildman–Crippen LogP) is -0.955. The van der Waals surface area contributed by atoms with Crippen molar-refractivity contribution in [2.75, 3.05) is 26.7 Å². The summed E-state index contributed by atoms with van der Waals surface area (Å²) in [5, 5.41) is 12.5. The molecule has 0 saturated carbocycles. The normalized spacial score (nSPS) is 29.4. The van der Waals surface area contributed by atoms with E-state index in [0.29, 0.717) is 13.1 Å². The first-order chi connectivity index (χ1) is 5.65. The molecule has 1 fully saturated rings. The highest BCUT2D eigenvalue weighted by Gasteiger charge is 2.31. The summed E-state index contributed by atoms with van der Waals surface area (Å²) >= 11 is 0. The molecule has 70 valence electrons. The molecule has 0 aliphatic carbocycles. The predicted molar refractivity (Wildman–Crippen MR) is 45.7 cm³/mol. The minimum Gasteiger partial charge on any atom is -0.391 e. The van der Waals surface area contributed by atoms with E-state index >= 15 is 0 Å². The van der Waals surface area contributed by atoms with Gasteiger partial charge >= 0.3 is 0 Å². The minimum atomic E-state index is -0.360. The van der Waals surface area contributed by atoms with Crippen molar-refractivity contribution >= 4 is 5.91 Å². The molecule has 0 aromatic carbocycles. The fourth-order valence-corrected chi connectivity index (χ4v) is 1.57. The van der Waals surface area contributed by atoms with Gasteiger partial charge in [-0.1, -0.05) is 0 Å². The number of amides is 1. The Labute approximate surface area is 72.6 Å². The molecule has 1 aliphatic heterocycles. The average Bonchev–Trinajstić information content (AvgIpc) is 2.34. The molecule has 0 aromatic rings. The summed E-state index contributed by atoms with van der Waals surface area (Å²) < 4.78 is 0. The van der Waals surface area contributed by atoms with Crippen molar-refractivity contribution in [3.8, 4) is 0 Å². The van der Waals surface area contributed by atoms with Gasteiger partial charge in [-0.2, -0.15) is 0 Å². The Kier molecular flexibility index (Phi) is 3.05. The van der Waals surface area contributed by atoms with Crippen molar-refractivity contribution in [3.05, 3.63) is 0 Å². The second-order valence-corrected chi connectivity index (χ2v) is 3.31. The second kappa shape index (κ2) is 3.87. The summed E-state index contributed by atoms with van der Waals surface area (Å²) in [6.45, 7) is 3.47. The van der Waals surface area contributed by atoms with Crippen molar-refractivity contribution in [2.24, 2.45) is 5.92 Å². The summed E-state index contributed by atoms with van der Waals surface area (Å²) in [4.78, 5) is 12.6. The molecule has 0 spiro atoms. The highest BCUT2D eigenvalue weighted by atomic mass is 16.3. The van der Waals surface area contributed by atoms with E-state index in [1.54, 1.807) is 4.90 Å². The monoisotopic (exact) mass is 172 g/mol. The molecule has 1 rings (SSSR count). The number of carbonyl (C=O) groups excluding carboxylic acids is 1. The lowest BCUT2D eigenvalue weighted by molar-refractivity contribution is -0.128. The first-order valence-corrected chi connectivity index (χ1v) is 4.23. The molecule has 4 nitrogen and oxygen atoms in total. The molecular weight excluding hydrogens is 156 g/mol. The molecule has 0 aromatic heterocycles. The summed E-state index contributed by atoms with van der Waals surface area (Å²) in [5.74, 6) is 0.242. The molecule has 1 saturated heterocycles. The Morgan fingerprint density at radius 1 is 1.67 bits per heavy atom. The molecule has 4 heteroatoms. The van der Waals surface area contributed by atoms with Crippen LogP contribution in [0.2, 0.25) is 0 Å². The van der Waals surface area contributed by atoms with Crippen molar-refractivity contribution < 1.29 is 9.90 Å². The summed E-state index contributed by atoms with van der Waals surface area (Å²) in [5.41, 5.74) is 0. The van der Waals surface area contributed by atoms with Crippen LogP contribution in [0.4, 0.5) is 0 Å². The highest BCUT2D eigenvalue weighted by molar-refractivity contribution is 5.73.